The van der Waals surface area contributed by atoms with Crippen molar-refractivity contribution < 1.29 is 4.79 Å². The summed E-state index contributed by atoms with van der Waals surface area (Å²) in [7, 11) is 1.77. The molecule has 1 aliphatic rings. The lowest BCUT2D eigenvalue weighted by Gasteiger charge is -2.07. The highest BCUT2D eigenvalue weighted by Crippen LogP contribution is 2.29. The van der Waals surface area contributed by atoms with E-state index in [2.05, 4.69) is 11.6 Å². The van der Waals surface area contributed by atoms with E-state index in [1.54, 1.807) is 28.0 Å². The van der Waals surface area contributed by atoms with E-state index in [1.165, 1.54) is 11.3 Å². The van der Waals surface area contributed by atoms with Gasteiger partial charge in [-0.1, -0.05) is 36.4 Å². The van der Waals surface area contributed by atoms with Crippen LogP contribution in [-0.2, 0) is 4.79 Å². The van der Waals surface area contributed by atoms with Gasteiger partial charge in [-0.15, -0.1) is 22.7 Å². The molecule has 0 N–H and O–H groups in total. The van der Waals surface area contributed by atoms with Crippen LogP contribution in [0.5, 0.6) is 0 Å². The summed E-state index contributed by atoms with van der Waals surface area (Å²) >= 11 is 3.15. The highest BCUT2D eigenvalue weighted by Gasteiger charge is 2.31. The van der Waals surface area contributed by atoms with Gasteiger partial charge in [-0.3, -0.25) is 9.79 Å². The van der Waals surface area contributed by atoms with Gasteiger partial charge in [0.15, 0.2) is 5.71 Å². The molecule has 0 atom stereocenters. The molecule has 0 unspecified atom stereocenters. The first-order valence-electron chi connectivity index (χ1n) is 8.42. The third-order valence-electron chi connectivity index (χ3n) is 4.17. The maximum Gasteiger partial charge on any atom is 0.279 e. The van der Waals surface area contributed by atoms with Gasteiger partial charge in [-0.2, -0.15) is 5.10 Å². The zero-order chi connectivity index (χ0) is 19.0. The van der Waals surface area contributed by atoms with Crippen LogP contribution in [0.4, 0.5) is 5.69 Å². The largest absolute Gasteiger partial charge is 0.309 e. The quantitative estimate of drug-likeness (QED) is 0.618. The summed E-state index contributed by atoms with van der Waals surface area (Å²) in [6.45, 7) is 6.39. The van der Waals surface area contributed by atoms with Crippen molar-refractivity contribution in [3.63, 3.8) is 0 Å². The molecule has 1 amide bonds. The maximum absolute atomic E-state index is 12.8. The lowest BCUT2D eigenvalue weighted by molar-refractivity contribution is -0.112. The molecule has 3 aromatic rings. The molecule has 4 rings (SSSR count). The Morgan fingerprint density at radius 3 is 2.74 bits per heavy atom. The topological polar surface area (TPSA) is 50.0 Å². The summed E-state index contributed by atoms with van der Waals surface area (Å²) in [5.41, 5.74) is 4.05. The lowest BCUT2D eigenvalue weighted by Crippen LogP contribution is -2.27. The molecule has 1 aliphatic heterocycles. The number of benzene rings is 1. The zero-order valence-electron chi connectivity index (χ0n) is 15.0. The van der Waals surface area contributed by atoms with E-state index < -0.39 is 0 Å². The number of hydrogen-bond donors (Lipinski definition) is 0. The first kappa shape index (κ1) is 17.6. The second kappa shape index (κ2) is 7.09. The normalized spacial score (nSPS) is 15.6. The van der Waals surface area contributed by atoms with Gasteiger partial charge in [0.05, 0.1) is 22.8 Å². The van der Waals surface area contributed by atoms with Crippen LogP contribution in [0.1, 0.15) is 12.5 Å². The molecule has 1 aromatic carbocycles. The standard InChI is InChI=1S/C20H18N4OS2/c1-13(2)11-21-20-24(16(12-27-20)17-9-6-10-26-17)22-18-14-7-4-5-8-15(14)23(3)19(18)25/h4-10,12H,1,11H2,2-3H3. The highest BCUT2D eigenvalue weighted by atomic mass is 32.1. The van der Waals surface area contributed by atoms with E-state index >= 15 is 0 Å². The van der Waals surface area contributed by atoms with Crippen LogP contribution in [0.25, 0.3) is 10.6 Å². The minimum absolute atomic E-state index is 0.113. The Morgan fingerprint density at radius 1 is 1.19 bits per heavy atom. The third kappa shape index (κ3) is 3.20. The molecule has 2 aromatic heterocycles. The summed E-state index contributed by atoms with van der Waals surface area (Å²) in [5.74, 6) is -0.113. The number of fused-ring (bicyclic) bond motifs is 1. The fourth-order valence-electron chi connectivity index (χ4n) is 2.85. The average Bonchev–Trinajstić information content (AvgIpc) is 3.37. The van der Waals surface area contributed by atoms with E-state index in [4.69, 9.17) is 5.10 Å². The Bertz CT molecular complexity index is 1120. The van der Waals surface area contributed by atoms with E-state index in [1.807, 2.05) is 54.1 Å². The number of carbonyl (C=O) groups excluding carboxylic acids is 1. The average molecular weight is 395 g/mol. The van der Waals surface area contributed by atoms with Crippen LogP contribution >= 0.6 is 22.7 Å². The molecule has 7 heteroatoms. The van der Waals surface area contributed by atoms with Gasteiger partial charge in [0.2, 0.25) is 4.80 Å². The molecule has 0 radical (unpaired) electrons. The Hall–Kier alpha value is -2.77. The molecule has 27 heavy (non-hydrogen) atoms. The molecule has 5 nitrogen and oxygen atoms in total. The summed E-state index contributed by atoms with van der Waals surface area (Å²) in [4.78, 5) is 20.9. The Labute approximate surface area is 165 Å². The van der Waals surface area contributed by atoms with Crippen LogP contribution in [-0.4, -0.2) is 29.9 Å². The van der Waals surface area contributed by atoms with Crippen LogP contribution in [0, 0.1) is 0 Å². The second-order valence-electron chi connectivity index (χ2n) is 6.30. The predicted octanol–water partition coefficient (Wildman–Crippen LogP) is 3.98. The smallest absolute Gasteiger partial charge is 0.279 e. The van der Waals surface area contributed by atoms with Gasteiger partial charge in [-0.25, -0.2) is 4.68 Å². The molecule has 0 aliphatic carbocycles. The van der Waals surface area contributed by atoms with Gasteiger partial charge in [0.25, 0.3) is 5.91 Å². The predicted molar refractivity (Wildman–Crippen MR) is 113 cm³/mol. The maximum atomic E-state index is 12.8. The number of thiazole rings is 1. The molecule has 0 saturated heterocycles. The van der Waals surface area contributed by atoms with Crippen molar-refractivity contribution in [3.05, 3.63) is 69.7 Å². The molecule has 136 valence electrons. The molecule has 0 saturated carbocycles. The van der Waals surface area contributed by atoms with Gasteiger partial charge < -0.3 is 4.90 Å². The summed E-state index contributed by atoms with van der Waals surface area (Å²) < 4.78 is 1.78. The van der Waals surface area contributed by atoms with Crippen LogP contribution in [0.2, 0.25) is 0 Å². The van der Waals surface area contributed by atoms with Crippen molar-refractivity contribution >= 4 is 40.0 Å². The van der Waals surface area contributed by atoms with E-state index in [9.17, 15) is 4.79 Å². The van der Waals surface area contributed by atoms with Crippen molar-refractivity contribution in [1.82, 2.24) is 4.68 Å². The molecular formula is C20H18N4OS2. The number of aromatic nitrogens is 1. The molecule has 0 bridgehead atoms. The Balaban J connectivity index is 1.92. The number of likely N-dealkylation sites (N-methyl/N-ethyl adjacent to an activating group) is 1. The minimum Gasteiger partial charge on any atom is -0.309 e. The summed E-state index contributed by atoms with van der Waals surface area (Å²) in [5, 5.41) is 8.82. The molecular weight excluding hydrogens is 376 g/mol. The Kier molecular flexibility index (Phi) is 4.63. The minimum atomic E-state index is -0.113. The van der Waals surface area contributed by atoms with Crippen LogP contribution in [0.3, 0.4) is 0 Å². The van der Waals surface area contributed by atoms with Crippen molar-refractivity contribution in [2.75, 3.05) is 18.5 Å². The zero-order valence-corrected chi connectivity index (χ0v) is 16.7. The fourth-order valence-corrected chi connectivity index (χ4v) is 4.47. The third-order valence-corrected chi connectivity index (χ3v) is 5.92. The first-order valence-corrected chi connectivity index (χ1v) is 10.2. The van der Waals surface area contributed by atoms with Crippen LogP contribution < -0.4 is 9.70 Å². The van der Waals surface area contributed by atoms with Gasteiger partial charge >= 0.3 is 0 Å². The first-order chi connectivity index (χ1) is 13.1. The molecule has 0 spiro atoms. The SMILES string of the molecule is C=C(C)CN=c1scc(-c2cccs2)n1N=C1C(=O)N(C)c2ccccc21. The lowest BCUT2D eigenvalue weighted by atomic mass is 10.1. The van der Waals surface area contributed by atoms with E-state index in [0.29, 0.717) is 12.3 Å². The van der Waals surface area contributed by atoms with Crippen molar-refractivity contribution in [2.24, 2.45) is 10.1 Å². The van der Waals surface area contributed by atoms with Crippen molar-refractivity contribution in [3.8, 4) is 10.6 Å². The van der Waals surface area contributed by atoms with Gasteiger partial charge in [-0.05, 0) is 24.4 Å². The highest BCUT2D eigenvalue weighted by molar-refractivity contribution is 7.14. The number of hydrogen-bond acceptors (Lipinski definition) is 5. The molecule has 3 heterocycles. The van der Waals surface area contributed by atoms with Crippen LogP contribution in [0.15, 0.2) is 69.4 Å². The summed E-state index contributed by atoms with van der Waals surface area (Å²) in [6, 6.07) is 11.8. The van der Waals surface area contributed by atoms with Crippen molar-refractivity contribution in [1.29, 1.82) is 0 Å². The summed E-state index contributed by atoms with van der Waals surface area (Å²) in [6.07, 6.45) is 0. The Morgan fingerprint density at radius 2 is 2.00 bits per heavy atom. The number of anilines is 1. The van der Waals surface area contributed by atoms with Gasteiger partial charge in [0.1, 0.15) is 0 Å². The van der Waals surface area contributed by atoms with E-state index in [-0.39, 0.29) is 5.91 Å². The number of thiophene rings is 1. The number of rotatable bonds is 4. The number of amides is 1. The fraction of sp³-hybridized carbons (Fsp3) is 0.150. The van der Waals surface area contributed by atoms with E-state index in [0.717, 1.165) is 32.2 Å². The molecule has 0 fully saturated rings. The monoisotopic (exact) mass is 394 g/mol. The van der Waals surface area contributed by atoms with Gasteiger partial charge in [0, 0.05) is 18.0 Å². The number of nitrogens with zero attached hydrogens (tertiary/aromatic N) is 4. The van der Waals surface area contributed by atoms with Crippen molar-refractivity contribution in [2.45, 2.75) is 6.92 Å². The second-order valence-corrected chi connectivity index (χ2v) is 8.08. The number of para-hydroxylation sites is 1. The number of carbonyl (C=O) groups is 1.